The van der Waals surface area contributed by atoms with E-state index in [0.717, 1.165) is 67.5 Å². The van der Waals surface area contributed by atoms with E-state index in [2.05, 4.69) is 23.1 Å². The van der Waals surface area contributed by atoms with E-state index in [0.29, 0.717) is 11.7 Å². The first-order valence-electron chi connectivity index (χ1n) is 10.8. The van der Waals surface area contributed by atoms with Crippen LogP contribution in [-0.2, 0) is 26.4 Å². The molecule has 1 aliphatic carbocycles. The molecule has 31 heavy (non-hydrogen) atoms. The summed E-state index contributed by atoms with van der Waals surface area (Å²) in [6, 6.07) is 6.44. The van der Waals surface area contributed by atoms with Crippen LogP contribution < -0.4 is 9.47 Å². The van der Waals surface area contributed by atoms with Gasteiger partial charge in [0.05, 0.1) is 14.2 Å². The summed E-state index contributed by atoms with van der Waals surface area (Å²) in [6.07, 6.45) is 2.86. The standard InChI is InChI=1S/C23H32N4O3S/c1-25(15-16-5-8-20(29-3)21(13-16)30-4)17-6-7-19-18(14-17)22(24-26(19)2)23(28)27-9-11-31-12-10-27/h5,8,13,17H,6-7,9-12,14-15H2,1-4H3. The van der Waals surface area contributed by atoms with Gasteiger partial charge in [0.15, 0.2) is 17.2 Å². The number of ether oxygens (including phenoxy) is 2. The first-order valence-corrected chi connectivity index (χ1v) is 12.0. The monoisotopic (exact) mass is 444 g/mol. The number of aromatic nitrogens is 2. The van der Waals surface area contributed by atoms with Gasteiger partial charge < -0.3 is 14.4 Å². The molecule has 1 aromatic heterocycles. The fraction of sp³-hybridized carbons (Fsp3) is 0.565. The van der Waals surface area contributed by atoms with Crippen LogP contribution >= 0.6 is 11.8 Å². The molecule has 0 N–H and O–H groups in total. The number of nitrogens with zero attached hydrogens (tertiary/aromatic N) is 4. The number of methoxy groups -OCH3 is 2. The number of thioether (sulfide) groups is 1. The highest BCUT2D eigenvalue weighted by Gasteiger charge is 2.32. The van der Waals surface area contributed by atoms with Gasteiger partial charge in [-0.25, -0.2) is 0 Å². The maximum absolute atomic E-state index is 13.2. The van der Waals surface area contributed by atoms with Crippen molar-refractivity contribution in [3.05, 3.63) is 40.7 Å². The molecule has 0 bridgehead atoms. The molecule has 1 aliphatic heterocycles. The third kappa shape index (κ3) is 4.55. The molecular formula is C23H32N4O3S. The summed E-state index contributed by atoms with van der Waals surface area (Å²) in [5.41, 5.74) is 4.19. The van der Waals surface area contributed by atoms with Crippen LogP contribution in [0.25, 0.3) is 0 Å². The Morgan fingerprint density at radius 1 is 1.23 bits per heavy atom. The molecule has 1 fully saturated rings. The second kappa shape index (κ2) is 9.53. The summed E-state index contributed by atoms with van der Waals surface area (Å²) < 4.78 is 12.7. The molecule has 2 aliphatic rings. The van der Waals surface area contributed by atoms with Gasteiger partial charge in [-0.15, -0.1) is 0 Å². The van der Waals surface area contributed by atoms with Gasteiger partial charge in [0.1, 0.15) is 0 Å². The normalized spacial score (nSPS) is 18.7. The van der Waals surface area contributed by atoms with E-state index in [1.165, 1.54) is 11.3 Å². The molecule has 1 unspecified atom stereocenters. The maximum Gasteiger partial charge on any atom is 0.274 e. The van der Waals surface area contributed by atoms with Crippen LogP contribution in [0.1, 0.15) is 33.7 Å². The van der Waals surface area contributed by atoms with E-state index in [1.807, 2.05) is 40.5 Å². The number of hydrogen-bond donors (Lipinski definition) is 0. The molecule has 4 rings (SSSR count). The molecule has 0 radical (unpaired) electrons. The summed E-state index contributed by atoms with van der Waals surface area (Å²) >= 11 is 1.91. The van der Waals surface area contributed by atoms with Crippen molar-refractivity contribution in [3.63, 3.8) is 0 Å². The predicted molar refractivity (Wildman–Crippen MR) is 123 cm³/mol. The third-order valence-corrected chi connectivity index (χ3v) is 7.38. The number of carbonyl (C=O) groups excluding carboxylic acids is 1. The number of likely N-dealkylation sites (N-methyl/N-ethyl adjacent to an activating group) is 1. The molecule has 0 saturated carbocycles. The van der Waals surface area contributed by atoms with E-state index < -0.39 is 0 Å². The van der Waals surface area contributed by atoms with Crippen molar-refractivity contribution in [2.24, 2.45) is 7.05 Å². The second-order valence-corrected chi connectivity index (χ2v) is 9.53. The van der Waals surface area contributed by atoms with Crippen molar-refractivity contribution in [2.75, 3.05) is 45.9 Å². The van der Waals surface area contributed by atoms with Gasteiger partial charge >= 0.3 is 0 Å². The quantitative estimate of drug-likeness (QED) is 0.683. The van der Waals surface area contributed by atoms with Crippen LogP contribution in [0.5, 0.6) is 11.5 Å². The molecule has 1 atom stereocenters. The number of amides is 1. The van der Waals surface area contributed by atoms with Gasteiger partial charge in [0.25, 0.3) is 5.91 Å². The van der Waals surface area contributed by atoms with Gasteiger partial charge in [0.2, 0.25) is 0 Å². The van der Waals surface area contributed by atoms with Crippen molar-refractivity contribution < 1.29 is 14.3 Å². The minimum atomic E-state index is 0.0975. The average molecular weight is 445 g/mol. The van der Waals surface area contributed by atoms with E-state index in [9.17, 15) is 4.79 Å². The van der Waals surface area contributed by atoms with Crippen molar-refractivity contribution in [3.8, 4) is 11.5 Å². The maximum atomic E-state index is 13.2. The molecule has 7 nitrogen and oxygen atoms in total. The average Bonchev–Trinajstić information content (AvgIpc) is 3.14. The van der Waals surface area contributed by atoms with Crippen molar-refractivity contribution >= 4 is 17.7 Å². The van der Waals surface area contributed by atoms with Crippen molar-refractivity contribution in [1.29, 1.82) is 0 Å². The Kier molecular flexibility index (Phi) is 6.77. The molecule has 8 heteroatoms. The Hall–Kier alpha value is -2.19. The summed E-state index contributed by atoms with van der Waals surface area (Å²) in [6.45, 7) is 2.45. The number of hydrogen-bond acceptors (Lipinski definition) is 6. The SMILES string of the molecule is COc1ccc(CN(C)C2CCc3c(c(C(=O)N4CCSCC4)nn3C)C2)cc1OC. The summed E-state index contributed by atoms with van der Waals surface area (Å²) in [5, 5.41) is 4.66. The zero-order valence-electron chi connectivity index (χ0n) is 18.9. The van der Waals surface area contributed by atoms with Crippen molar-refractivity contribution in [2.45, 2.75) is 31.8 Å². The predicted octanol–water partition coefficient (Wildman–Crippen LogP) is 2.62. The van der Waals surface area contributed by atoms with Gasteiger partial charge in [-0.05, 0) is 44.0 Å². The Bertz CT molecular complexity index is 939. The molecule has 168 valence electrons. The zero-order valence-corrected chi connectivity index (χ0v) is 19.7. The third-order valence-electron chi connectivity index (χ3n) is 6.43. The molecular weight excluding hydrogens is 412 g/mol. The van der Waals surface area contributed by atoms with E-state index >= 15 is 0 Å². The first kappa shape index (κ1) is 22.0. The Labute approximate surface area is 188 Å². The lowest BCUT2D eigenvalue weighted by molar-refractivity contribution is 0.0763. The largest absolute Gasteiger partial charge is 0.493 e. The molecule has 0 spiro atoms. The van der Waals surface area contributed by atoms with Crippen LogP contribution in [0, 0.1) is 0 Å². The van der Waals surface area contributed by atoms with Crippen LogP contribution in [0.4, 0.5) is 0 Å². The number of fused-ring (bicyclic) bond motifs is 1. The topological polar surface area (TPSA) is 59.8 Å². The van der Waals surface area contributed by atoms with Crippen LogP contribution in [0.3, 0.4) is 0 Å². The smallest absolute Gasteiger partial charge is 0.274 e. The number of carbonyl (C=O) groups is 1. The highest BCUT2D eigenvalue weighted by atomic mass is 32.2. The summed E-state index contributed by atoms with van der Waals surface area (Å²) in [5.74, 6) is 3.61. The minimum absolute atomic E-state index is 0.0975. The lowest BCUT2D eigenvalue weighted by atomic mass is 9.90. The zero-order chi connectivity index (χ0) is 22.0. The Morgan fingerprint density at radius 2 is 1.97 bits per heavy atom. The van der Waals surface area contributed by atoms with Crippen LogP contribution in [0.15, 0.2) is 18.2 Å². The molecule has 1 amide bonds. The highest BCUT2D eigenvalue weighted by Crippen LogP contribution is 2.31. The number of benzene rings is 1. The lowest BCUT2D eigenvalue weighted by Gasteiger charge is -2.32. The van der Waals surface area contributed by atoms with E-state index in [-0.39, 0.29) is 5.91 Å². The molecule has 2 heterocycles. The van der Waals surface area contributed by atoms with Crippen LogP contribution in [0.2, 0.25) is 0 Å². The molecule has 1 aromatic carbocycles. The summed E-state index contributed by atoms with van der Waals surface area (Å²) in [7, 11) is 7.44. The fourth-order valence-electron chi connectivity index (χ4n) is 4.63. The number of aryl methyl sites for hydroxylation is 1. The van der Waals surface area contributed by atoms with Crippen LogP contribution in [-0.4, -0.2) is 77.4 Å². The minimum Gasteiger partial charge on any atom is -0.493 e. The molecule has 1 saturated heterocycles. The second-order valence-electron chi connectivity index (χ2n) is 8.30. The Balaban J connectivity index is 1.49. The van der Waals surface area contributed by atoms with Gasteiger partial charge in [-0.3, -0.25) is 14.4 Å². The highest BCUT2D eigenvalue weighted by molar-refractivity contribution is 7.99. The van der Waals surface area contributed by atoms with Gasteiger partial charge in [-0.2, -0.15) is 16.9 Å². The van der Waals surface area contributed by atoms with Crippen molar-refractivity contribution in [1.82, 2.24) is 19.6 Å². The van der Waals surface area contributed by atoms with Gasteiger partial charge in [-0.1, -0.05) is 6.07 Å². The first-order chi connectivity index (χ1) is 15.0. The van der Waals surface area contributed by atoms with E-state index in [4.69, 9.17) is 9.47 Å². The van der Waals surface area contributed by atoms with Gasteiger partial charge in [0, 0.05) is 55.5 Å². The Morgan fingerprint density at radius 3 is 2.68 bits per heavy atom. The molecule has 2 aromatic rings. The lowest BCUT2D eigenvalue weighted by Crippen LogP contribution is -2.40. The van der Waals surface area contributed by atoms with E-state index in [1.54, 1.807) is 14.2 Å². The summed E-state index contributed by atoms with van der Waals surface area (Å²) in [4.78, 5) is 17.5. The fourth-order valence-corrected chi connectivity index (χ4v) is 5.53. The number of rotatable bonds is 6.